The fourth-order valence-electron chi connectivity index (χ4n) is 2.86. The van der Waals surface area contributed by atoms with E-state index in [1.54, 1.807) is 6.33 Å². The van der Waals surface area contributed by atoms with Crippen molar-refractivity contribution in [1.29, 1.82) is 0 Å². The molecule has 0 spiro atoms. The van der Waals surface area contributed by atoms with Crippen LogP contribution in [0.4, 0.5) is 0 Å². The van der Waals surface area contributed by atoms with E-state index in [0.717, 1.165) is 51.4 Å². The second-order valence-corrected chi connectivity index (χ2v) is 5.64. The first-order valence-corrected chi connectivity index (χ1v) is 8.03. The number of rotatable bonds is 8. The molecule has 2 heterocycles. The Hall–Kier alpha value is -0.940. The van der Waals surface area contributed by atoms with Gasteiger partial charge in [-0.15, -0.1) is 0 Å². The molecule has 1 aliphatic rings. The van der Waals surface area contributed by atoms with Crippen molar-refractivity contribution in [2.45, 2.75) is 58.5 Å². The molecule has 1 aromatic heterocycles. The summed E-state index contributed by atoms with van der Waals surface area (Å²) in [6.07, 6.45) is 7.31. The zero-order valence-corrected chi connectivity index (χ0v) is 12.8. The molecular formula is C15H28N4O. The standard InChI is InChI=1S/C15H28N4O/c1-3-7-16-14(13-6-5-9-20-11-13)10-15-17-12-18-19(15)8-4-2/h12-14,16H,3-11H2,1-2H3. The van der Waals surface area contributed by atoms with Crippen LogP contribution in [0, 0.1) is 5.92 Å². The van der Waals surface area contributed by atoms with Crippen molar-refractivity contribution in [3.8, 4) is 0 Å². The molecule has 0 aliphatic carbocycles. The molecule has 0 amide bonds. The maximum absolute atomic E-state index is 5.66. The predicted molar refractivity (Wildman–Crippen MR) is 79.6 cm³/mol. The summed E-state index contributed by atoms with van der Waals surface area (Å²) in [5.74, 6) is 1.70. The van der Waals surface area contributed by atoms with Gasteiger partial charge in [-0.3, -0.25) is 4.68 Å². The Morgan fingerprint density at radius 2 is 2.35 bits per heavy atom. The molecule has 2 atom stereocenters. The van der Waals surface area contributed by atoms with Crippen molar-refractivity contribution >= 4 is 0 Å². The number of aryl methyl sites for hydroxylation is 1. The number of hydrogen-bond donors (Lipinski definition) is 1. The lowest BCUT2D eigenvalue weighted by Crippen LogP contribution is -2.42. The van der Waals surface area contributed by atoms with E-state index >= 15 is 0 Å². The molecule has 0 saturated carbocycles. The van der Waals surface area contributed by atoms with E-state index in [-0.39, 0.29) is 0 Å². The van der Waals surface area contributed by atoms with Crippen LogP contribution in [0.25, 0.3) is 0 Å². The molecule has 2 rings (SSSR count). The summed E-state index contributed by atoms with van der Waals surface area (Å²) in [6, 6.07) is 0.454. The van der Waals surface area contributed by atoms with Crippen molar-refractivity contribution in [3.05, 3.63) is 12.2 Å². The molecule has 114 valence electrons. The number of nitrogens with zero attached hydrogens (tertiary/aromatic N) is 3. The van der Waals surface area contributed by atoms with Gasteiger partial charge in [-0.2, -0.15) is 5.10 Å². The number of ether oxygens (including phenoxy) is 1. The molecule has 0 aromatic carbocycles. The highest BCUT2D eigenvalue weighted by Gasteiger charge is 2.25. The van der Waals surface area contributed by atoms with Gasteiger partial charge in [-0.05, 0) is 38.1 Å². The Kier molecular flexibility index (Phi) is 6.47. The van der Waals surface area contributed by atoms with Crippen LogP contribution >= 0.6 is 0 Å². The van der Waals surface area contributed by atoms with Gasteiger partial charge >= 0.3 is 0 Å². The normalized spacial score (nSPS) is 21.0. The average Bonchev–Trinajstić information content (AvgIpc) is 2.92. The molecule has 1 fully saturated rings. The van der Waals surface area contributed by atoms with Crippen molar-refractivity contribution < 1.29 is 4.74 Å². The number of hydrogen-bond acceptors (Lipinski definition) is 4. The fraction of sp³-hybridized carbons (Fsp3) is 0.867. The van der Waals surface area contributed by atoms with E-state index in [0.29, 0.717) is 12.0 Å². The van der Waals surface area contributed by atoms with Crippen molar-refractivity contribution in [3.63, 3.8) is 0 Å². The molecule has 20 heavy (non-hydrogen) atoms. The van der Waals surface area contributed by atoms with Gasteiger partial charge < -0.3 is 10.1 Å². The van der Waals surface area contributed by atoms with Crippen LogP contribution in [-0.2, 0) is 17.7 Å². The summed E-state index contributed by atoms with van der Waals surface area (Å²) in [5, 5.41) is 8.02. The highest BCUT2D eigenvalue weighted by Crippen LogP contribution is 2.20. The minimum atomic E-state index is 0.454. The molecular weight excluding hydrogens is 252 g/mol. The Bertz CT molecular complexity index is 374. The molecule has 1 aliphatic heterocycles. The van der Waals surface area contributed by atoms with E-state index in [9.17, 15) is 0 Å². The van der Waals surface area contributed by atoms with E-state index in [1.165, 1.54) is 12.8 Å². The number of aromatic nitrogens is 3. The molecule has 1 saturated heterocycles. The first-order chi connectivity index (χ1) is 9.85. The van der Waals surface area contributed by atoms with Gasteiger partial charge in [0, 0.05) is 25.6 Å². The summed E-state index contributed by atoms with van der Waals surface area (Å²) >= 11 is 0. The maximum Gasteiger partial charge on any atom is 0.138 e. The zero-order valence-electron chi connectivity index (χ0n) is 12.8. The molecule has 0 bridgehead atoms. The topological polar surface area (TPSA) is 52.0 Å². The summed E-state index contributed by atoms with van der Waals surface area (Å²) in [5.41, 5.74) is 0. The molecule has 1 N–H and O–H groups in total. The highest BCUT2D eigenvalue weighted by molar-refractivity contribution is 4.93. The molecule has 5 nitrogen and oxygen atoms in total. The first-order valence-electron chi connectivity index (χ1n) is 8.03. The zero-order chi connectivity index (χ0) is 14.2. The summed E-state index contributed by atoms with van der Waals surface area (Å²) < 4.78 is 7.70. The Morgan fingerprint density at radius 3 is 3.05 bits per heavy atom. The van der Waals surface area contributed by atoms with Gasteiger partial charge in [0.25, 0.3) is 0 Å². The third kappa shape index (κ3) is 4.28. The van der Waals surface area contributed by atoms with Crippen LogP contribution in [0.2, 0.25) is 0 Å². The van der Waals surface area contributed by atoms with Crippen LogP contribution in [0.5, 0.6) is 0 Å². The molecule has 0 radical (unpaired) electrons. The average molecular weight is 280 g/mol. The van der Waals surface area contributed by atoms with Crippen LogP contribution in [0.1, 0.15) is 45.4 Å². The summed E-state index contributed by atoms with van der Waals surface area (Å²) in [7, 11) is 0. The minimum Gasteiger partial charge on any atom is -0.381 e. The second-order valence-electron chi connectivity index (χ2n) is 5.64. The fourth-order valence-corrected chi connectivity index (χ4v) is 2.86. The predicted octanol–water partition coefficient (Wildman–Crippen LogP) is 2.03. The van der Waals surface area contributed by atoms with E-state index < -0.39 is 0 Å². The minimum absolute atomic E-state index is 0.454. The van der Waals surface area contributed by atoms with Gasteiger partial charge in [0.05, 0.1) is 6.61 Å². The molecule has 2 unspecified atom stereocenters. The lowest BCUT2D eigenvalue weighted by molar-refractivity contribution is 0.0389. The van der Waals surface area contributed by atoms with Gasteiger partial charge in [0.1, 0.15) is 12.2 Å². The Morgan fingerprint density at radius 1 is 1.45 bits per heavy atom. The quantitative estimate of drug-likeness (QED) is 0.791. The Balaban J connectivity index is 1.99. The first kappa shape index (κ1) is 15.4. The largest absolute Gasteiger partial charge is 0.381 e. The van der Waals surface area contributed by atoms with Crippen molar-refractivity contribution in [2.75, 3.05) is 19.8 Å². The smallest absolute Gasteiger partial charge is 0.138 e. The van der Waals surface area contributed by atoms with Gasteiger partial charge in [-0.25, -0.2) is 4.98 Å². The Labute approximate surface area is 122 Å². The lowest BCUT2D eigenvalue weighted by atomic mass is 9.91. The SMILES string of the molecule is CCCNC(Cc1ncnn1CCC)C1CCCOC1. The maximum atomic E-state index is 5.66. The van der Waals surface area contributed by atoms with Crippen LogP contribution < -0.4 is 5.32 Å². The lowest BCUT2D eigenvalue weighted by Gasteiger charge is -2.31. The van der Waals surface area contributed by atoms with Gasteiger partial charge in [0.2, 0.25) is 0 Å². The van der Waals surface area contributed by atoms with Gasteiger partial charge in [0.15, 0.2) is 0 Å². The van der Waals surface area contributed by atoms with E-state index in [2.05, 4.69) is 29.2 Å². The monoisotopic (exact) mass is 280 g/mol. The second kappa shape index (κ2) is 8.37. The van der Waals surface area contributed by atoms with Crippen molar-refractivity contribution in [2.24, 2.45) is 5.92 Å². The third-order valence-corrected chi connectivity index (χ3v) is 3.95. The van der Waals surface area contributed by atoms with Crippen LogP contribution in [-0.4, -0.2) is 40.6 Å². The highest BCUT2D eigenvalue weighted by atomic mass is 16.5. The summed E-state index contributed by atoms with van der Waals surface area (Å²) in [4.78, 5) is 4.45. The van der Waals surface area contributed by atoms with Crippen molar-refractivity contribution in [1.82, 2.24) is 20.1 Å². The van der Waals surface area contributed by atoms with Gasteiger partial charge in [-0.1, -0.05) is 13.8 Å². The molecule has 5 heteroatoms. The van der Waals surface area contributed by atoms with E-state index in [4.69, 9.17) is 4.74 Å². The summed E-state index contributed by atoms with van der Waals surface area (Å²) in [6.45, 7) is 8.20. The van der Waals surface area contributed by atoms with Crippen LogP contribution in [0.15, 0.2) is 6.33 Å². The molecule has 1 aromatic rings. The number of nitrogens with one attached hydrogen (secondary N) is 1. The third-order valence-electron chi connectivity index (χ3n) is 3.95. The van der Waals surface area contributed by atoms with Crippen LogP contribution in [0.3, 0.4) is 0 Å². The van der Waals surface area contributed by atoms with E-state index in [1.807, 2.05) is 4.68 Å².